The highest BCUT2D eigenvalue weighted by atomic mass is 16.2. The molecule has 1 unspecified atom stereocenters. The Balaban J connectivity index is 1.12. The Kier molecular flexibility index (Phi) is 5.89. The molecule has 3 amide bonds. The maximum atomic E-state index is 13.0. The number of likely N-dealkylation sites (tertiary alicyclic amines) is 1. The normalized spacial score (nSPS) is 27.9. The van der Waals surface area contributed by atoms with Gasteiger partial charge in [-0.2, -0.15) is 0 Å². The zero-order valence-corrected chi connectivity index (χ0v) is 21.4. The summed E-state index contributed by atoms with van der Waals surface area (Å²) in [5.74, 6) is -0.239. The van der Waals surface area contributed by atoms with Crippen LogP contribution in [0.1, 0.15) is 57.4 Å². The highest BCUT2D eigenvalue weighted by Gasteiger charge is 2.46. The van der Waals surface area contributed by atoms with Crippen LogP contribution in [-0.2, 0) is 21.4 Å². The van der Waals surface area contributed by atoms with Crippen LogP contribution in [0.15, 0.2) is 23.0 Å². The van der Waals surface area contributed by atoms with Gasteiger partial charge in [-0.25, -0.2) is 4.79 Å². The number of imide groups is 1. The van der Waals surface area contributed by atoms with E-state index in [0.717, 1.165) is 75.9 Å². The van der Waals surface area contributed by atoms with E-state index in [-0.39, 0.29) is 35.4 Å². The van der Waals surface area contributed by atoms with Gasteiger partial charge < -0.3 is 15.5 Å². The molecule has 10 nitrogen and oxygen atoms in total. The van der Waals surface area contributed by atoms with Crippen molar-refractivity contribution in [3.63, 3.8) is 0 Å². The molecule has 3 aliphatic heterocycles. The first-order valence-corrected chi connectivity index (χ1v) is 13.6. The summed E-state index contributed by atoms with van der Waals surface area (Å²) < 4.78 is 3.10. The van der Waals surface area contributed by atoms with Crippen molar-refractivity contribution < 1.29 is 14.4 Å². The molecule has 6 rings (SSSR count). The average Bonchev–Trinajstić information content (AvgIpc) is 3.12. The number of amides is 3. The Morgan fingerprint density at radius 1 is 1.00 bits per heavy atom. The molecule has 0 radical (unpaired) electrons. The van der Waals surface area contributed by atoms with Crippen LogP contribution >= 0.6 is 0 Å². The number of benzene rings is 1. The molecule has 1 saturated carbocycles. The third kappa shape index (κ3) is 4.15. The SMILES string of the molecule is Cn1c(=O)n(C2CCC(=O)NC2=O)c2ccc(N3CC4(CCN(C(=O)C5CCC(N)CC5)CC4)C3)cc21. The Labute approximate surface area is 215 Å². The number of aryl methyl sites for hydroxylation is 1. The Bertz CT molecular complexity index is 1300. The van der Waals surface area contributed by atoms with E-state index in [0.29, 0.717) is 17.8 Å². The van der Waals surface area contributed by atoms with Gasteiger partial charge in [-0.05, 0) is 63.1 Å². The summed E-state index contributed by atoms with van der Waals surface area (Å²) in [6.07, 6.45) is 6.35. The molecule has 4 fully saturated rings. The second-order valence-corrected chi connectivity index (χ2v) is 11.6. The average molecular weight is 509 g/mol. The molecule has 0 bridgehead atoms. The van der Waals surface area contributed by atoms with Crippen molar-refractivity contribution in [2.75, 3.05) is 31.1 Å². The number of nitrogens with one attached hydrogen (secondary N) is 1. The van der Waals surface area contributed by atoms with Crippen LogP contribution in [0.3, 0.4) is 0 Å². The lowest BCUT2D eigenvalue weighted by Crippen LogP contribution is -2.61. The van der Waals surface area contributed by atoms with Crippen LogP contribution in [0.4, 0.5) is 5.69 Å². The minimum atomic E-state index is -0.676. The van der Waals surface area contributed by atoms with Crippen LogP contribution in [-0.4, -0.2) is 64.0 Å². The first-order chi connectivity index (χ1) is 17.7. The molecule has 1 atom stereocenters. The van der Waals surface area contributed by atoms with Crippen LogP contribution < -0.4 is 21.6 Å². The fraction of sp³-hybridized carbons (Fsp3) is 0.630. The number of piperidine rings is 2. The number of carbonyl (C=O) groups excluding carboxylic acids is 3. The predicted octanol–water partition coefficient (Wildman–Crippen LogP) is 1.26. The summed E-state index contributed by atoms with van der Waals surface area (Å²) in [5.41, 5.74) is 8.55. The zero-order valence-electron chi connectivity index (χ0n) is 21.4. The number of fused-ring (bicyclic) bond motifs is 1. The molecule has 3 N–H and O–H groups in total. The molecular formula is C27H36N6O4. The molecular weight excluding hydrogens is 472 g/mol. The van der Waals surface area contributed by atoms with Gasteiger partial charge in [-0.3, -0.25) is 28.8 Å². The monoisotopic (exact) mass is 508 g/mol. The lowest BCUT2D eigenvalue weighted by atomic mass is 9.71. The third-order valence-corrected chi connectivity index (χ3v) is 9.27. The first kappa shape index (κ1) is 24.2. The molecule has 10 heteroatoms. The lowest BCUT2D eigenvalue weighted by Gasteiger charge is -2.55. The van der Waals surface area contributed by atoms with Gasteiger partial charge in [-0.1, -0.05) is 0 Å². The fourth-order valence-corrected chi connectivity index (χ4v) is 6.87. The van der Waals surface area contributed by atoms with Gasteiger partial charge in [0.25, 0.3) is 0 Å². The minimum Gasteiger partial charge on any atom is -0.370 e. The van der Waals surface area contributed by atoms with Gasteiger partial charge >= 0.3 is 5.69 Å². The number of aromatic nitrogens is 2. The summed E-state index contributed by atoms with van der Waals surface area (Å²) in [5, 5.41) is 2.36. The van der Waals surface area contributed by atoms with Gasteiger partial charge in [0, 0.05) is 62.7 Å². The van der Waals surface area contributed by atoms with Gasteiger partial charge in [0.15, 0.2) is 0 Å². The quantitative estimate of drug-likeness (QED) is 0.602. The lowest BCUT2D eigenvalue weighted by molar-refractivity contribution is -0.139. The molecule has 1 aromatic carbocycles. The molecule has 1 spiro atoms. The molecule has 4 heterocycles. The maximum absolute atomic E-state index is 13.0. The minimum absolute atomic E-state index is 0.151. The van der Waals surface area contributed by atoms with E-state index in [1.807, 2.05) is 18.2 Å². The van der Waals surface area contributed by atoms with Crippen molar-refractivity contribution in [1.29, 1.82) is 0 Å². The summed E-state index contributed by atoms with van der Waals surface area (Å²) in [7, 11) is 1.72. The van der Waals surface area contributed by atoms with Gasteiger partial charge in [0.1, 0.15) is 6.04 Å². The Morgan fingerprint density at radius 3 is 2.38 bits per heavy atom. The molecule has 4 aliphatic rings. The number of carbonyl (C=O) groups is 3. The van der Waals surface area contributed by atoms with Crippen LogP contribution in [0, 0.1) is 11.3 Å². The molecule has 198 valence electrons. The third-order valence-electron chi connectivity index (χ3n) is 9.27. The largest absolute Gasteiger partial charge is 0.370 e. The maximum Gasteiger partial charge on any atom is 0.329 e. The summed E-state index contributed by atoms with van der Waals surface area (Å²) in [6, 6.07) is 5.54. The van der Waals surface area contributed by atoms with Crippen molar-refractivity contribution in [2.45, 2.75) is 63.5 Å². The van der Waals surface area contributed by atoms with E-state index in [1.165, 1.54) is 4.57 Å². The predicted molar refractivity (Wildman–Crippen MR) is 139 cm³/mol. The second-order valence-electron chi connectivity index (χ2n) is 11.6. The summed E-state index contributed by atoms with van der Waals surface area (Å²) in [6.45, 7) is 3.55. The number of nitrogens with zero attached hydrogens (tertiary/aromatic N) is 4. The van der Waals surface area contributed by atoms with Gasteiger partial charge in [-0.15, -0.1) is 0 Å². The van der Waals surface area contributed by atoms with Crippen molar-refractivity contribution >= 4 is 34.4 Å². The van der Waals surface area contributed by atoms with Crippen LogP contribution in [0.2, 0.25) is 0 Å². The molecule has 1 aliphatic carbocycles. The molecule has 3 saturated heterocycles. The Hall–Kier alpha value is -3.14. The van der Waals surface area contributed by atoms with Crippen molar-refractivity contribution in [3.8, 4) is 0 Å². The second kappa shape index (κ2) is 9.01. The number of hydrogen-bond donors (Lipinski definition) is 2. The summed E-state index contributed by atoms with van der Waals surface area (Å²) >= 11 is 0. The molecule has 1 aromatic heterocycles. The van der Waals surface area contributed by atoms with E-state index >= 15 is 0 Å². The highest BCUT2D eigenvalue weighted by Crippen LogP contribution is 2.43. The fourth-order valence-electron chi connectivity index (χ4n) is 6.87. The van der Waals surface area contributed by atoms with E-state index in [1.54, 1.807) is 11.6 Å². The van der Waals surface area contributed by atoms with Crippen molar-refractivity contribution in [2.24, 2.45) is 24.1 Å². The number of hydrogen-bond acceptors (Lipinski definition) is 6. The smallest absolute Gasteiger partial charge is 0.329 e. The van der Waals surface area contributed by atoms with Crippen LogP contribution in [0.25, 0.3) is 11.0 Å². The number of imidazole rings is 1. The topological polar surface area (TPSA) is 123 Å². The number of anilines is 1. The Morgan fingerprint density at radius 2 is 1.70 bits per heavy atom. The number of rotatable bonds is 3. The van der Waals surface area contributed by atoms with Crippen LogP contribution in [0.5, 0.6) is 0 Å². The first-order valence-electron chi connectivity index (χ1n) is 13.6. The van der Waals surface area contributed by atoms with Crippen molar-refractivity contribution in [1.82, 2.24) is 19.4 Å². The van der Waals surface area contributed by atoms with E-state index in [4.69, 9.17) is 5.73 Å². The standard InChI is InChI=1S/C27H36N6O4/c1-30-22-14-19(6-7-20(22)33(26(30)37)21-8-9-23(34)29-24(21)35)32-15-27(16-32)10-12-31(13-11-27)25(36)17-2-4-18(28)5-3-17/h6-7,14,17-18,21H,2-5,8-13,15-16,28H2,1H3,(H,29,34,35). The number of nitrogens with two attached hydrogens (primary N) is 1. The van der Waals surface area contributed by atoms with Gasteiger partial charge in [0.05, 0.1) is 11.0 Å². The van der Waals surface area contributed by atoms with E-state index in [2.05, 4.69) is 15.1 Å². The molecule has 37 heavy (non-hydrogen) atoms. The van der Waals surface area contributed by atoms with Crippen molar-refractivity contribution in [3.05, 3.63) is 28.7 Å². The van der Waals surface area contributed by atoms with Gasteiger partial charge in [0.2, 0.25) is 17.7 Å². The van der Waals surface area contributed by atoms with E-state index in [9.17, 15) is 19.2 Å². The zero-order chi connectivity index (χ0) is 25.9. The molecule has 2 aromatic rings. The highest BCUT2D eigenvalue weighted by molar-refractivity contribution is 6.00. The summed E-state index contributed by atoms with van der Waals surface area (Å²) in [4.78, 5) is 54.5. The van der Waals surface area contributed by atoms with E-state index < -0.39 is 11.9 Å².